The average molecular weight is 337 g/mol. The second kappa shape index (κ2) is 9.16. The number of hydrogen-bond acceptors (Lipinski definition) is 4. The van der Waals surface area contributed by atoms with Gasteiger partial charge in [0.15, 0.2) is 0 Å². The van der Waals surface area contributed by atoms with E-state index in [1.807, 2.05) is 4.90 Å². The Bertz CT molecular complexity index is 442. The van der Waals surface area contributed by atoms with Gasteiger partial charge in [0.25, 0.3) is 0 Å². The molecule has 0 aliphatic carbocycles. The van der Waals surface area contributed by atoms with Gasteiger partial charge in [0.2, 0.25) is 17.7 Å². The topological polar surface area (TPSA) is 69.7 Å². The molecule has 2 aliphatic rings. The van der Waals surface area contributed by atoms with Gasteiger partial charge in [-0.05, 0) is 38.3 Å². The van der Waals surface area contributed by atoms with Crippen LogP contribution in [0.3, 0.4) is 0 Å². The predicted molar refractivity (Wildman–Crippen MR) is 92.2 cm³/mol. The van der Waals surface area contributed by atoms with Crippen LogP contribution in [0, 0.1) is 5.92 Å². The lowest BCUT2D eigenvalue weighted by Gasteiger charge is -2.38. The van der Waals surface area contributed by atoms with E-state index in [0.717, 1.165) is 39.0 Å². The van der Waals surface area contributed by atoms with Gasteiger partial charge in [0.05, 0.1) is 0 Å². The molecule has 6 heteroatoms. The lowest BCUT2D eigenvalue weighted by atomic mass is 9.92. The van der Waals surface area contributed by atoms with E-state index >= 15 is 0 Å². The van der Waals surface area contributed by atoms with E-state index in [0.29, 0.717) is 12.5 Å². The van der Waals surface area contributed by atoms with Crippen LogP contribution < -0.4 is 5.32 Å². The molecule has 0 saturated carbocycles. The van der Waals surface area contributed by atoms with Crippen LogP contribution in [-0.2, 0) is 14.4 Å². The highest BCUT2D eigenvalue weighted by atomic mass is 16.2. The number of nitrogens with zero attached hydrogens (tertiary/aromatic N) is 2. The van der Waals surface area contributed by atoms with Crippen molar-refractivity contribution in [3.63, 3.8) is 0 Å². The SMILES string of the molecule is CCCCN(CC)C1CCN(C(=O)CC2CC(=O)NC(=O)C2)CC1. The minimum Gasteiger partial charge on any atom is -0.343 e. The summed E-state index contributed by atoms with van der Waals surface area (Å²) in [5.74, 6) is -0.541. The number of imide groups is 1. The Morgan fingerprint density at radius 1 is 1.17 bits per heavy atom. The van der Waals surface area contributed by atoms with Gasteiger partial charge in [-0.3, -0.25) is 19.7 Å². The molecule has 0 aromatic heterocycles. The second-order valence-electron chi connectivity index (χ2n) is 7.04. The highest BCUT2D eigenvalue weighted by molar-refractivity contribution is 5.98. The molecule has 0 atom stereocenters. The highest BCUT2D eigenvalue weighted by Gasteiger charge is 2.30. The molecule has 136 valence electrons. The molecule has 2 aliphatic heterocycles. The van der Waals surface area contributed by atoms with Crippen molar-refractivity contribution in [3.8, 4) is 0 Å². The first-order chi connectivity index (χ1) is 11.5. The van der Waals surface area contributed by atoms with E-state index in [4.69, 9.17) is 0 Å². The quantitative estimate of drug-likeness (QED) is 0.716. The van der Waals surface area contributed by atoms with Crippen LogP contribution in [0.25, 0.3) is 0 Å². The van der Waals surface area contributed by atoms with Crippen molar-refractivity contribution in [2.75, 3.05) is 26.2 Å². The Morgan fingerprint density at radius 2 is 1.79 bits per heavy atom. The summed E-state index contributed by atoms with van der Waals surface area (Å²) in [7, 11) is 0. The number of likely N-dealkylation sites (tertiary alicyclic amines) is 1. The third-order valence-electron chi connectivity index (χ3n) is 5.23. The number of rotatable bonds is 7. The van der Waals surface area contributed by atoms with Crippen molar-refractivity contribution in [2.45, 2.75) is 64.8 Å². The molecule has 0 unspecified atom stereocenters. The van der Waals surface area contributed by atoms with Crippen molar-refractivity contribution >= 4 is 17.7 Å². The fourth-order valence-corrected chi connectivity index (χ4v) is 3.81. The molecule has 2 heterocycles. The molecule has 2 saturated heterocycles. The summed E-state index contributed by atoms with van der Waals surface area (Å²) in [6, 6.07) is 0.577. The summed E-state index contributed by atoms with van der Waals surface area (Å²) in [5.41, 5.74) is 0. The smallest absolute Gasteiger partial charge is 0.226 e. The summed E-state index contributed by atoms with van der Waals surface area (Å²) in [4.78, 5) is 39.8. The summed E-state index contributed by atoms with van der Waals surface area (Å²) in [6.45, 7) is 8.21. The van der Waals surface area contributed by atoms with Crippen molar-refractivity contribution in [1.29, 1.82) is 0 Å². The van der Waals surface area contributed by atoms with Crippen LogP contribution in [0.5, 0.6) is 0 Å². The monoisotopic (exact) mass is 337 g/mol. The van der Waals surface area contributed by atoms with Crippen molar-refractivity contribution < 1.29 is 14.4 Å². The fraction of sp³-hybridized carbons (Fsp3) is 0.833. The van der Waals surface area contributed by atoms with E-state index in [2.05, 4.69) is 24.1 Å². The molecule has 6 nitrogen and oxygen atoms in total. The largest absolute Gasteiger partial charge is 0.343 e. The van der Waals surface area contributed by atoms with Crippen LogP contribution in [0.1, 0.15) is 58.8 Å². The van der Waals surface area contributed by atoms with Gasteiger partial charge in [-0.25, -0.2) is 0 Å². The standard InChI is InChI=1S/C18H31N3O3/c1-3-5-8-20(4-2)15-6-9-21(10-7-15)18(24)13-14-11-16(22)19-17(23)12-14/h14-15H,3-13H2,1-2H3,(H,19,22,23). The predicted octanol–water partition coefficient (Wildman–Crippen LogP) is 1.54. The molecule has 0 radical (unpaired) electrons. The van der Waals surface area contributed by atoms with Crippen LogP contribution >= 0.6 is 0 Å². The van der Waals surface area contributed by atoms with E-state index in [1.54, 1.807) is 0 Å². The van der Waals surface area contributed by atoms with Gasteiger partial charge in [-0.1, -0.05) is 20.3 Å². The molecule has 3 amide bonds. The Balaban J connectivity index is 1.77. The van der Waals surface area contributed by atoms with Crippen molar-refractivity contribution in [2.24, 2.45) is 5.92 Å². The molecular formula is C18H31N3O3. The first-order valence-corrected chi connectivity index (χ1v) is 9.38. The van der Waals surface area contributed by atoms with E-state index < -0.39 is 0 Å². The Kier molecular flexibility index (Phi) is 7.21. The zero-order valence-corrected chi connectivity index (χ0v) is 15.1. The molecule has 2 fully saturated rings. The number of unbranched alkanes of at least 4 members (excludes halogenated alkanes) is 1. The van der Waals surface area contributed by atoms with E-state index in [9.17, 15) is 14.4 Å². The normalized spacial score (nSPS) is 20.5. The molecule has 2 rings (SSSR count). The van der Waals surface area contributed by atoms with Crippen LogP contribution in [0.15, 0.2) is 0 Å². The zero-order valence-electron chi connectivity index (χ0n) is 15.1. The Morgan fingerprint density at radius 3 is 2.33 bits per heavy atom. The number of carbonyl (C=O) groups excluding carboxylic acids is 3. The number of hydrogen-bond donors (Lipinski definition) is 1. The van der Waals surface area contributed by atoms with Gasteiger partial charge < -0.3 is 9.80 Å². The molecule has 1 N–H and O–H groups in total. The minimum atomic E-state index is -0.253. The Hall–Kier alpha value is -1.43. The first-order valence-electron chi connectivity index (χ1n) is 9.38. The van der Waals surface area contributed by atoms with E-state index in [1.165, 1.54) is 12.8 Å². The third-order valence-corrected chi connectivity index (χ3v) is 5.23. The molecule has 0 aromatic rings. The summed E-state index contributed by atoms with van der Waals surface area (Å²) in [6.07, 6.45) is 5.37. The Labute approximate surface area is 144 Å². The van der Waals surface area contributed by atoms with Gasteiger partial charge in [-0.2, -0.15) is 0 Å². The summed E-state index contributed by atoms with van der Waals surface area (Å²) >= 11 is 0. The summed E-state index contributed by atoms with van der Waals surface area (Å²) in [5, 5.41) is 2.30. The maximum Gasteiger partial charge on any atom is 0.226 e. The van der Waals surface area contributed by atoms with Gasteiger partial charge >= 0.3 is 0 Å². The lowest BCUT2D eigenvalue weighted by molar-refractivity contribution is -0.137. The number of nitrogens with one attached hydrogen (secondary N) is 1. The molecule has 0 aromatic carbocycles. The second-order valence-corrected chi connectivity index (χ2v) is 7.04. The molecule has 0 bridgehead atoms. The average Bonchev–Trinajstić information content (AvgIpc) is 2.55. The maximum atomic E-state index is 12.5. The zero-order chi connectivity index (χ0) is 17.5. The van der Waals surface area contributed by atoms with E-state index in [-0.39, 0.29) is 36.5 Å². The van der Waals surface area contributed by atoms with Crippen molar-refractivity contribution in [1.82, 2.24) is 15.1 Å². The minimum absolute atomic E-state index is 0.0950. The van der Waals surface area contributed by atoms with Gasteiger partial charge in [0, 0.05) is 38.4 Å². The van der Waals surface area contributed by atoms with Crippen LogP contribution in [-0.4, -0.2) is 59.7 Å². The third kappa shape index (κ3) is 5.30. The fourth-order valence-electron chi connectivity index (χ4n) is 3.81. The van der Waals surface area contributed by atoms with Crippen molar-refractivity contribution in [3.05, 3.63) is 0 Å². The highest BCUT2D eigenvalue weighted by Crippen LogP contribution is 2.22. The van der Waals surface area contributed by atoms with Crippen LogP contribution in [0.2, 0.25) is 0 Å². The first kappa shape index (κ1) is 18.9. The number of carbonyl (C=O) groups is 3. The number of piperidine rings is 2. The van der Waals surface area contributed by atoms with Crippen LogP contribution in [0.4, 0.5) is 0 Å². The molecular weight excluding hydrogens is 306 g/mol. The summed E-state index contributed by atoms with van der Waals surface area (Å²) < 4.78 is 0. The lowest BCUT2D eigenvalue weighted by Crippen LogP contribution is -2.47. The van der Waals surface area contributed by atoms with Gasteiger partial charge in [-0.15, -0.1) is 0 Å². The number of amides is 3. The molecule has 24 heavy (non-hydrogen) atoms. The maximum absolute atomic E-state index is 12.5. The molecule has 0 spiro atoms. The van der Waals surface area contributed by atoms with Gasteiger partial charge in [0.1, 0.15) is 0 Å².